The Hall–Kier alpha value is 0.570. The maximum Gasteiger partial charge on any atom is 0.122 e. The summed E-state index contributed by atoms with van der Waals surface area (Å²) < 4.78 is 15.7. The van der Waals surface area contributed by atoms with Crippen LogP contribution in [0.1, 0.15) is 0 Å². The Labute approximate surface area is 78.5 Å². The van der Waals surface area contributed by atoms with Gasteiger partial charge >= 0.3 is 0 Å². The molecule has 2 unspecified atom stereocenters. The molecular formula is C6H9IO4. The van der Waals surface area contributed by atoms with Gasteiger partial charge in [0.1, 0.15) is 47.4 Å². The highest BCUT2D eigenvalue weighted by molar-refractivity contribution is 14.1. The van der Waals surface area contributed by atoms with E-state index >= 15 is 0 Å². The van der Waals surface area contributed by atoms with E-state index in [1.807, 2.05) is 23.0 Å². The molecule has 2 saturated heterocycles. The summed E-state index contributed by atoms with van der Waals surface area (Å²) in [6.07, 6.45) is -0.731. The fourth-order valence-corrected chi connectivity index (χ4v) is 1.96. The van der Waals surface area contributed by atoms with Gasteiger partial charge in [-0.15, -0.1) is 0 Å². The first-order valence-corrected chi connectivity index (χ1v) is 4.39. The number of halogens is 1. The topological polar surface area (TPSA) is 47.9 Å². The van der Waals surface area contributed by atoms with Gasteiger partial charge in [0.2, 0.25) is 0 Å². The Morgan fingerprint density at radius 2 is 2.00 bits per heavy atom. The van der Waals surface area contributed by atoms with Gasteiger partial charge in [-0.1, -0.05) is 0 Å². The molecule has 5 heteroatoms. The van der Waals surface area contributed by atoms with Crippen molar-refractivity contribution in [3.8, 4) is 0 Å². The van der Waals surface area contributed by atoms with Crippen LogP contribution >= 0.6 is 23.0 Å². The van der Waals surface area contributed by atoms with E-state index < -0.39 is 6.10 Å². The quantitative estimate of drug-likeness (QED) is 0.676. The molecule has 2 aliphatic heterocycles. The van der Waals surface area contributed by atoms with Crippen molar-refractivity contribution in [1.29, 1.82) is 0 Å². The Kier molecular flexibility index (Phi) is 2.33. The second kappa shape index (κ2) is 3.14. The average molecular weight is 272 g/mol. The lowest BCUT2D eigenvalue weighted by Gasteiger charge is -2.11. The van der Waals surface area contributed by atoms with Gasteiger partial charge in [0.05, 0.1) is 13.2 Å². The van der Waals surface area contributed by atoms with E-state index in [1.165, 1.54) is 0 Å². The Bertz CT molecular complexity index is 154. The Morgan fingerprint density at radius 1 is 1.27 bits per heavy atom. The largest absolute Gasteiger partial charge is 0.388 e. The SMILES string of the molecule is OC1CO[C@@H]2C(OI)CO[C@H]12. The molecule has 0 aliphatic carbocycles. The van der Waals surface area contributed by atoms with Crippen molar-refractivity contribution >= 4 is 23.0 Å². The van der Waals surface area contributed by atoms with Gasteiger partial charge in [0, 0.05) is 0 Å². The summed E-state index contributed by atoms with van der Waals surface area (Å²) in [5.74, 6) is 0. The molecule has 0 saturated carbocycles. The van der Waals surface area contributed by atoms with Gasteiger partial charge in [-0.2, -0.15) is 0 Å². The number of ether oxygens (including phenoxy) is 2. The predicted molar refractivity (Wildman–Crippen MR) is 44.4 cm³/mol. The number of aliphatic hydroxyl groups excluding tert-OH is 1. The predicted octanol–water partition coefficient (Wildman–Crippen LogP) is -0.120. The molecule has 0 bridgehead atoms. The third kappa shape index (κ3) is 1.29. The lowest BCUT2D eigenvalue weighted by molar-refractivity contribution is 0.0138. The Balaban J connectivity index is 2.04. The van der Waals surface area contributed by atoms with Gasteiger partial charge in [-0.25, -0.2) is 0 Å². The van der Waals surface area contributed by atoms with Gasteiger partial charge in [0.15, 0.2) is 0 Å². The van der Waals surface area contributed by atoms with E-state index in [4.69, 9.17) is 12.5 Å². The van der Waals surface area contributed by atoms with Crippen LogP contribution in [0.25, 0.3) is 0 Å². The number of hydrogen-bond acceptors (Lipinski definition) is 4. The van der Waals surface area contributed by atoms with Crippen LogP contribution in [0, 0.1) is 0 Å². The maximum absolute atomic E-state index is 9.30. The van der Waals surface area contributed by atoms with E-state index in [0.717, 1.165) is 0 Å². The summed E-state index contributed by atoms with van der Waals surface area (Å²) in [5.41, 5.74) is 0. The van der Waals surface area contributed by atoms with E-state index in [-0.39, 0.29) is 18.3 Å². The van der Waals surface area contributed by atoms with Crippen molar-refractivity contribution < 1.29 is 17.6 Å². The summed E-state index contributed by atoms with van der Waals surface area (Å²) in [7, 11) is 0. The van der Waals surface area contributed by atoms with Crippen LogP contribution in [0.4, 0.5) is 0 Å². The number of rotatable bonds is 1. The lowest BCUT2D eigenvalue weighted by Crippen LogP contribution is -2.31. The first-order chi connectivity index (χ1) is 5.33. The molecule has 2 heterocycles. The molecular weight excluding hydrogens is 263 g/mol. The first-order valence-electron chi connectivity index (χ1n) is 3.51. The normalized spacial score (nSPS) is 49.6. The minimum atomic E-state index is -0.475. The molecule has 0 aromatic rings. The second-order valence-electron chi connectivity index (χ2n) is 2.79. The maximum atomic E-state index is 9.30. The van der Waals surface area contributed by atoms with Crippen LogP contribution in [0.2, 0.25) is 0 Å². The van der Waals surface area contributed by atoms with Crippen molar-refractivity contribution in [2.45, 2.75) is 24.4 Å². The number of hydrogen-bond donors (Lipinski definition) is 1. The standard InChI is InChI=1S/C6H9IO4/c7-11-4-2-10-5-3(8)1-9-6(4)5/h3-6,8H,1-2H2/t3?,4?,5-,6-/m1/s1. The zero-order valence-corrected chi connectivity index (χ0v) is 7.93. The summed E-state index contributed by atoms with van der Waals surface area (Å²) in [4.78, 5) is 0. The molecule has 64 valence electrons. The zero-order valence-electron chi connectivity index (χ0n) is 5.77. The van der Waals surface area contributed by atoms with E-state index in [1.54, 1.807) is 0 Å². The molecule has 4 atom stereocenters. The molecule has 11 heavy (non-hydrogen) atoms. The third-order valence-corrected chi connectivity index (χ3v) is 2.75. The summed E-state index contributed by atoms with van der Waals surface area (Å²) >= 11 is 1.83. The van der Waals surface area contributed by atoms with Crippen molar-refractivity contribution in [1.82, 2.24) is 0 Å². The van der Waals surface area contributed by atoms with Gasteiger partial charge in [-0.05, 0) is 0 Å². The van der Waals surface area contributed by atoms with Crippen LogP contribution in [-0.4, -0.2) is 42.7 Å². The summed E-state index contributed by atoms with van der Waals surface area (Å²) in [5, 5.41) is 9.30. The average Bonchev–Trinajstić information content (AvgIpc) is 2.53. The highest BCUT2D eigenvalue weighted by Crippen LogP contribution is 2.29. The molecule has 2 rings (SSSR count). The van der Waals surface area contributed by atoms with E-state index in [9.17, 15) is 5.11 Å². The molecule has 0 spiro atoms. The fraction of sp³-hybridized carbons (Fsp3) is 1.00. The second-order valence-corrected chi connectivity index (χ2v) is 3.30. The lowest BCUT2D eigenvalue weighted by atomic mass is 10.1. The van der Waals surface area contributed by atoms with E-state index in [0.29, 0.717) is 13.2 Å². The van der Waals surface area contributed by atoms with Crippen molar-refractivity contribution in [3.05, 3.63) is 0 Å². The fourth-order valence-electron chi connectivity index (χ4n) is 1.52. The third-order valence-electron chi connectivity index (χ3n) is 2.10. The minimum absolute atomic E-state index is 0.0160. The van der Waals surface area contributed by atoms with Gasteiger partial charge < -0.3 is 17.6 Å². The number of fused-ring (bicyclic) bond motifs is 1. The number of aliphatic hydroxyl groups is 1. The molecule has 0 aromatic heterocycles. The first kappa shape index (κ1) is 8.18. The monoisotopic (exact) mass is 272 g/mol. The van der Waals surface area contributed by atoms with Crippen molar-refractivity contribution in [2.75, 3.05) is 13.2 Å². The van der Waals surface area contributed by atoms with Crippen molar-refractivity contribution in [2.24, 2.45) is 0 Å². The molecule has 2 aliphatic rings. The molecule has 2 fully saturated rings. The van der Waals surface area contributed by atoms with Crippen molar-refractivity contribution in [3.63, 3.8) is 0 Å². The van der Waals surface area contributed by atoms with E-state index in [2.05, 4.69) is 0 Å². The Morgan fingerprint density at radius 3 is 2.73 bits per heavy atom. The molecule has 0 aromatic carbocycles. The molecule has 1 N–H and O–H groups in total. The van der Waals surface area contributed by atoms with Crippen LogP contribution in [0.15, 0.2) is 0 Å². The molecule has 0 radical (unpaired) electrons. The highest BCUT2D eigenvalue weighted by Gasteiger charge is 2.47. The zero-order chi connectivity index (χ0) is 7.84. The summed E-state index contributed by atoms with van der Waals surface area (Å²) in [6.45, 7) is 0.890. The minimum Gasteiger partial charge on any atom is -0.388 e. The van der Waals surface area contributed by atoms with Crippen LogP contribution in [-0.2, 0) is 12.5 Å². The van der Waals surface area contributed by atoms with Gasteiger partial charge in [0.25, 0.3) is 0 Å². The van der Waals surface area contributed by atoms with Gasteiger partial charge in [-0.3, -0.25) is 0 Å². The highest BCUT2D eigenvalue weighted by atomic mass is 127. The summed E-state index contributed by atoms with van der Waals surface area (Å²) in [6, 6.07) is 0. The van der Waals surface area contributed by atoms with Crippen LogP contribution in [0.5, 0.6) is 0 Å². The molecule has 4 nitrogen and oxygen atoms in total. The molecule has 0 amide bonds. The van der Waals surface area contributed by atoms with Crippen LogP contribution < -0.4 is 0 Å². The smallest absolute Gasteiger partial charge is 0.122 e. The van der Waals surface area contributed by atoms with Crippen LogP contribution in [0.3, 0.4) is 0 Å².